The van der Waals surface area contributed by atoms with Gasteiger partial charge in [0, 0.05) is 22.3 Å². The SMILES string of the molecule is CC(C)(C)OC(=O)NCc1cnc(-c2ccc(N)cc2)s1. The van der Waals surface area contributed by atoms with E-state index >= 15 is 0 Å². The monoisotopic (exact) mass is 305 g/mol. The van der Waals surface area contributed by atoms with E-state index in [0.29, 0.717) is 6.54 Å². The van der Waals surface area contributed by atoms with Gasteiger partial charge in [0.15, 0.2) is 0 Å². The van der Waals surface area contributed by atoms with E-state index in [1.165, 1.54) is 11.3 Å². The van der Waals surface area contributed by atoms with E-state index in [9.17, 15) is 4.79 Å². The van der Waals surface area contributed by atoms with Crippen LogP contribution in [0.4, 0.5) is 10.5 Å². The minimum absolute atomic E-state index is 0.404. The van der Waals surface area contributed by atoms with E-state index in [2.05, 4.69) is 10.3 Å². The van der Waals surface area contributed by atoms with Gasteiger partial charge in [-0.2, -0.15) is 0 Å². The standard InChI is InChI=1S/C15H19N3O2S/c1-15(2,3)20-14(19)18-9-12-8-17-13(21-12)10-4-6-11(16)7-5-10/h4-8H,9,16H2,1-3H3,(H,18,19). The van der Waals surface area contributed by atoms with Gasteiger partial charge in [0.1, 0.15) is 10.6 Å². The molecular weight excluding hydrogens is 286 g/mol. The molecule has 0 aliphatic rings. The van der Waals surface area contributed by atoms with E-state index in [1.807, 2.05) is 45.0 Å². The number of nitrogen functional groups attached to an aromatic ring is 1. The van der Waals surface area contributed by atoms with Crippen LogP contribution in [-0.4, -0.2) is 16.7 Å². The van der Waals surface area contributed by atoms with Crippen LogP contribution in [0.3, 0.4) is 0 Å². The molecule has 5 nitrogen and oxygen atoms in total. The van der Waals surface area contributed by atoms with Crippen LogP contribution in [0.2, 0.25) is 0 Å². The quantitative estimate of drug-likeness (QED) is 0.852. The molecule has 112 valence electrons. The van der Waals surface area contributed by atoms with Gasteiger partial charge in [0.25, 0.3) is 0 Å². The highest BCUT2D eigenvalue weighted by molar-refractivity contribution is 7.15. The highest BCUT2D eigenvalue weighted by Gasteiger charge is 2.16. The van der Waals surface area contributed by atoms with Gasteiger partial charge in [-0.15, -0.1) is 11.3 Å². The summed E-state index contributed by atoms with van der Waals surface area (Å²) in [5, 5.41) is 3.62. The average Bonchev–Trinajstić information content (AvgIpc) is 2.84. The van der Waals surface area contributed by atoms with Crippen molar-refractivity contribution in [2.45, 2.75) is 32.9 Å². The number of anilines is 1. The number of rotatable bonds is 3. The molecule has 1 amide bonds. The van der Waals surface area contributed by atoms with Crippen molar-refractivity contribution < 1.29 is 9.53 Å². The summed E-state index contributed by atoms with van der Waals surface area (Å²) in [5.41, 5.74) is 6.91. The number of carbonyl (C=O) groups excluding carboxylic acids is 1. The number of hydrogen-bond acceptors (Lipinski definition) is 5. The Labute approximate surface area is 128 Å². The Kier molecular flexibility index (Phi) is 4.47. The summed E-state index contributed by atoms with van der Waals surface area (Å²) in [6.45, 7) is 5.90. The maximum atomic E-state index is 11.6. The Morgan fingerprint density at radius 2 is 2.00 bits per heavy atom. The number of carbonyl (C=O) groups is 1. The highest BCUT2D eigenvalue weighted by Crippen LogP contribution is 2.25. The summed E-state index contributed by atoms with van der Waals surface area (Å²) in [5.74, 6) is 0. The van der Waals surface area contributed by atoms with Gasteiger partial charge in [0.2, 0.25) is 0 Å². The van der Waals surface area contributed by atoms with Crippen LogP contribution in [0.1, 0.15) is 25.6 Å². The minimum atomic E-state index is -0.493. The average molecular weight is 305 g/mol. The summed E-state index contributed by atoms with van der Waals surface area (Å²) >= 11 is 1.53. The fourth-order valence-electron chi connectivity index (χ4n) is 1.62. The second kappa shape index (κ2) is 6.13. The molecule has 1 aromatic heterocycles. The molecule has 0 spiro atoms. The van der Waals surface area contributed by atoms with Crippen LogP contribution in [0.25, 0.3) is 10.6 Å². The van der Waals surface area contributed by atoms with Gasteiger partial charge in [-0.05, 0) is 45.0 Å². The van der Waals surface area contributed by atoms with Crippen LogP contribution >= 0.6 is 11.3 Å². The highest BCUT2D eigenvalue weighted by atomic mass is 32.1. The van der Waals surface area contributed by atoms with Gasteiger partial charge < -0.3 is 15.8 Å². The summed E-state index contributed by atoms with van der Waals surface area (Å²) in [7, 11) is 0. The minimum Gasteiger partial charge on any atom is -0.444 e. The first kappa shape index (κ1) is 15.3. The van der Waals surface area contributed by atoms with Crippen LogP contribution in [0.15, 0.2) is 30.5 Å². The summed E-state index contributed by atoms with van der Waals surface area (Å²) in [6.07, 6.45) is 1.33. The Morgan fingerprint density at radius 1 is 1.33 bits per heavy atom. The number of aromatic nitrogens is 1. The first-order valence-electron chi connectivity index (χ1n) is 6.61. The lowest BCUT2D eigenvalue weighted by molar-refractivity contribution is 0.0524. The normalized spacial score (nSPS) is 11.2. The zero-order chi connectivity index (χ0) is 15.5. The molecule has 0 aliphatic heterocycles. The Hall–Kier alpha value is -2.08. The first-order chi connectivity index (χ1) is 9.83. The molecule has 0 aliphatic carbocycles. The predicted octanol–water partition coefficient (Wildman–Crippen LogP) is 3.42. The van der Waals surface area contributed by atoms with E-state index in [1.54, 1.807) is 6.20 Å². The number of nitrogens with zero attached hydrogens (tertiary/aromatic N) is 1. The maximum Gasteiger partial charge on any atom is 0.407 e. The van der Waals surface area contributed by atoms with E-state index in [-0.39, 0.29) is 0 Å². The number of benzene rings is 1. The summed E-state index contributed by atoms with van der Waals surface area (Å²) < 4.78 is 5.18. The van der Waals surface area contributed by atoms with Crippen LogP contribution in [0, 0.1) is 0 Å². The molecular formula is C15H19N3O2S. The van der Waals surface area contributed by atoms with Gasteiger partial charge in [0.05, 0.1) is 6.54 Å². The third kappa shape index (κ3) is 4.75. The molecule has 21 heavy (non-hydrogen) atoms. The Balaban J connectivity index is 1.94. The third-order valence-corrected chi connectivity index (χ3v) is 3.56. The number of nitrogens with two attached hydrogens (primary N) is 1. The van der Waals surface area contributed by atoms with Crippen LogP contribution < -0.4 is 11.1 Å². The molecule has 2 rings (SSSR count). The maximum absolute atomic E-state index is 11.6. The molecule has 0 atom stereocenters. The number of nitrogens with one attached hydrogen (secondary N) is 1. The van der Waals surface area contributed by atoms with Crippen molar-refractivity contribution in [2.75, 3.05) is 5.73 Å². The second-order valence-corrected chi connectivity index (χ2v) is 6.72. The van der Waals surface area contributed by atoms with Crippen molar-refractivity contribution in [1.29, 1.82) is 0 Å². The number of alkyl carbamates (subject to hydrolysis) is 1. The van der Waals surface area contributed by atoms with E-state index < -0.39 is 11.7 Å². The number of amides is 1. The smallest absolute Gasteiger partial charge is 0.407 e. The van der Waals surface area contributed by atoms with Crippen LogP contribution in [-0.2, 0) is 11.3 Å². The molecule has 0 unspecified atom stereocenters. The van der Waals surface area contributed by atoms with Crippen molar-refractivity contribution in [3.8, 4) is 10.6 Å². The third-order valence-electron chi connectivity index (χ3n) is 2.52. The number of hydrogen-bond donors (Lipinski definition) is 2. The molecule has 0 saturated carbocycles. The topological polar surface area (TPSA) is 77.2 Å². The molecule has 0 saturated heterocycles. The van der Waals surface area contributed by atoms with Crippen molar-refractivity contribution in [3.05, 3.63) is 35.3 Å². The molecule has 1 aromatic carbocycles. The van der Waals surface area contributed by atoms with Gasteiger partial charge >= 0.3 is 6.09 Å². The van der Waals surface area contributed by atoms with E-state index in [0.717, 1.165) is 21.1 Å². The van der Waals surface area contributed by atoms with Gasteiger partial charge in [-0.3, -0.25) is 0 Å². The fourth-order valence-corrected chi connectivity index (χ4v) is 2.48. The molecule has 1 heterocycles. The van der Waals surface area contributed by atoms with Gasteiger partial charge in [-0.1, -0.05) is 0 Å². The second-order valence-electron chi connectivity index (χ2n) is 5.61. The van der Waals surface area contributed by atoms with Gasteiger partial charge in [-0.25, -0.2) is 9.78 Å². The predicted molar refractivity (Wildman–Crippen MR) is 85.0 cm³/mol. The molecule has 3 N–H and O–H groups in total. The molecule has 0 radical (unpaired) electrons. The Bertz CT molecular complexity index is 615. The molecule has 0 fully saturated rings. The summed E-state index contributed by atoms with van der Waals surface area (Å²) in [4.78, 5) is 16.9. The number of ether oxygens (including phenoxy) is 1. The van der Waals surface area contributed by atoms with E-state index in [4.69, 9.17) is 10.5 Å². The molecule has 0 bridgehead atoms. The zero-order valence-electron chi connectivity index (χ0n) is 12.3. The fraction of sp³-hybridized carbons (Fsp3) is 0.333. The van der Waals surface area contributed by atoms with Crippen LogP contribution in [0.5, 0.6) is 0 Å². The largest absolute Gasteiger partial charge is 0.444 e. The lowest BCUT2D eigenvalue weighted by atomic mass is 10.2. The van der Waals surface area contributed by atoms with Crippen molar-refractivity contribution >= 4 is 23.1 Å². The number of thiazole rings is 1. The summed E-state index contributed by atoms with van der Waals surface area (Å²) in [6, 6.07) is 7.54. The Morgan fingerprint density at radius 3 is 2.62 bits per heavy atom. The van der Waals surface area contributed by atoms with Crippen molar-refractivity contribution in [3.63, 3.8) is 0 Å². The lowest BCUT2D eigenvalue weighted by Crippen LogP contribution is -2.31. The lowest BCUT2D eigenvalue weighted by Gasteiger charge is -2.19. The molecule has 6 heteroatoms. The zero-order valence-corrected chi connectivity index (χ0v) is 13.2. The van der Waals surface area contributed by atoms with Crippen molar-refractivity contribution in [1.82, 2.24) is 10.3 Å². The molecule has 2 aromatic rings. The van der Waals surface area contributed by atoms with Crippen molar-refractivity contribution in [2.24, 2.45) is 0 Å². The first-order valence-corrected chi connectivity index (χ1v) is 7.42.